The number of amides is 1. The molecule has 1 saturated heterocycles. The van der Waals surface area contributed by atoms with Gasteiger partial charge in [0, 0.05) is 37.5 Å². The fourth-order valence-electron chi connectivity index (χ4n) is 3.74. The highest BCUT2D eigenvalue weighted by molar-refractivity contribution is 5.93. The second-order valence-electron chi connectivity index (χ2n) is 7.35. The lowest BCUT2D eigenvalue weighted by Gasteiger charge is -2.21. The molecule has 0 unspecified atom stereocenters. The Labute approximate surface area is 178 Å². The lowest BCUT2D eigenvalue weighted by Crippen LogP contribution is -2.36. The zero-order chi connectivity index (χ0) is 21.3. The van der Waals surface area contributed by atoms with Gasteiger partial charge < -0.3 is 19.5 Å². The van der Waals surface area contributed by atoms with Crippen LogP contribution >= 0.6 is 0 Å². The number of ether oxygens (including phenoxy) is 3. The second kappa shape index (κ2) is 10.8. The van der Waals surface area contributed by atoms with Gasteiger partial charge in [0.2, 0.25) is 11.7 Å². The van der Waals surface area contributed by atoms with E-state index in [-0.39, 0.29) is 5.91 Å². The van der Waals surface area contributed by atoms with E-state index < -0.39 is 0 Å². The Balaban J connectivity index is 1.55. The molecule has 1 N–H and O–H groups in total. The predicted octanol–water partition coefficient (Wildman–Crippen LogP) is 2.86. The molecule has 0 aliphatic carbocycles. The third-order valence-electron chi connectivity index (χ3n) is 5.25. The van der Waals surface area contributed by atoms with Gasteiger partial charge in [0.25, 0.3) is 0 Å². The van der Waals surface area contributed by atoms with Gasteiger partial charge in [0.1, 0.15) is 0 Å². The van der Waals surface area contributed by atoms with Crippen molar-refractivity contribution in [1.82, 2.24) is 9.80 Å². The van der Waals surface area contributed by atoms with Crippen LogP contribution in [0.1, 0.15) is 12.0 Å². The molecule has 0 radical (unpaired) electrons. The van der Waals surface area contributed by atoms with E-state index >= 15 is 0 Å². The Kier molecular flexibility index (Phi) is 7.93. The van der Waals surface area contributed by atoms with E-state index in [1.165, 1.54) is 5.56 Å². The van der Waals surface area contributed by atoms with Gasteiger partial charge in [-0.1, -0.05) is 30.3 Å². The SMILES string of the molecule is COc1cc(NC(=O)CN2CCCN(Cc3ccccc3)CC2)cc(OC)c1OC. The van der Waals surface area contributed by atoms with Gasteiger partial charge in [-0.15, -0.1) is 0 Å². The van der Waals surface area contributed by atoms with Gasteiger partial charge in [0.05, 0.1) is 27.9 Å². The molecule has 0 atom stereocenters. The summed E-state index contributed by atoms with van der Waals surface area (Å²) in [6.45, 7) is 5.08. The Hall–Kier alpha value is -2.77. The summed E-state index contributed by atoms with van der Waals surface area (Å²) in [6, 6.07) is 14.0. The van der Waals surface area contributed by atoms with Gasteiger partial charge in [-0.3, -0.25) is 14.6 Å². The molecule has 0 saturated carbocycles. The Morgan fingerprint density at radius 3 is 2.17 bits per heavy atom. The van der Waals surface area contributed by atoms with Gasteiger partial charge >= 0.3 is 0 Å². The van der Waals surface area contributed by atoms with Crippen LogP contribution in [-0.2, 0) is 11.3 Å². The van der Waals surface area contributed by atoms with Crippen LogP contribution in [0.5, 0.6) is 17.2 Å². The minimum atomic E-state index is -0.0548. The molecule has 2 aromatic carbocycles. The van der Waals surface area contributed by atoms with Crippen LogP contribution in [0.25, 0.3) is 0 Å². The van der Waals surface area contributed by atoms with Crippen LogP contribution in [0.4, 0.5) is 5.69 Å². The number of hydrogen-bond donors (Lipinski definition) is 1. The normalized spacial score (nSPS) is 15.3. The molecule has 0 aromatic heterocycles. The van der Waals surface area contributed by atoms with Crippen LogP contribution in [0.2, 0.25) is 0 Å². The molecular weight excluding hydrogens is 382 g/mol. The van der Waals surface area contributed by atoms with E-state index in [2.05, 4.69) is 39.4 Å². The van der Waals surface area contributed by atoms with Crippen LogP contribution < -0.4 is 19.5 Å². The first-order valence-corrected chi connectivity index (χ1v) is 10.2. The molecule has 1 fully saturated rings. The van der Waals surface area contributed by atoms with E-state index in [0.29, 0.717) is 29.5 Å². The highest BCUT2D eigenvalue weighted by atomic mass is 16.5. The number of methoxy groups -OCH3 is 3. The third-order valence-corrected chi connectivity index (χ3v) is 5.25. The smallest absolute Gasteiger partial charge is 0.238 e. The second-order valence-corrected chi connectivity index (χ2v) is 7.35. The number of anilines is 1. The zero-order valence-electron chi connectivity index (χ0n) is 18.0. The first-order chi connectivity index (χ1) is 14.6. The fourth-order valence-corrected chi connectivity index (χ4v) is 3.74. The summed E-state index contributed by atoms with van der Waals surface area (Å²) < 4.78 is 16.0. The number of hydrogen-bond acceptors (Lipinski definition) is 6. The maximum absolute atomic E-state index is 12.6. The molecule has 0 bridgehead atoms. The van der Waals surface area contributed by atoms with Crippen LogP contribution in [0.3, 0.4) is 0 Å². The van der Waals surface area contributed by atoms with Crippen molar-refractivity contribution in [2.45, 2.75) is 13.0 Å². The monoisotopic (exact) mass is 413 g/mol. The lowest BCUT2D eigenvalue weighted by atomic mass is 10.2. The molecule has 1 aliphatic heterocycles. The predicted molar refractivity (Wildman–Crippen MR) is 118 cm³/mol. The maximum atomic E-state index is 12.6. The molecule has 7 nitrogen and oxygen atoms in total. The third kappa shape index (κ3) is 5.87. The summed E-state index contributed by atoms with van der Waals surface area (Å²) in [5.74, 6) is 1.47. The largest absolute Gasteiger partial charge is 0.493 e. The topological polar surface area (TPSA) is 63.3 Å². The van der Waals surface area contributed by atoms with Crippen molar-refractivity contribution in [3.63, 3.8) is 0 Å². The lowest BCUT2D eigenvalue weighted by molar-refractivity contribution is -0.117. The standard InChI is InChI=1S/C23H31N3O4/c1-28-20-14-19(15-21(29-2)23(20)30-3)24-22(27)17-26-11-7-10-25(12-13-26)16-18-8-5-4-6-9-18/h4-6,8-9,14-15H,7,10-13,16-17H2,1-3H3,(H,24,27). The summed E-state index contributed by atoms with van der Waals surface area (Å²) in [4.78, 5) is 17.3. The molecule has 162 valence electrons. The van der Waals surface area contributed by atoms with Crippen LogP contribution in [0, 0.1) is 0 Å². The van der Waals surface area contributed by atoms with E-state index in [1.807, 2.05) is 6.07 Å². The average Bonchev–Trinajstić information content (AvgIpc) is 2.98. The molecule has 0 spiro atoms. The van der Waals surface area contributed by atoms with Gasteiger partial charge in [-0.2, -0.15) is 0 Å². The number of benzene rings is 2. The van der Waals surface area contributed by atoms with Crippen molar-refractivity contribution in [3.05, 3.63) is 48.0 Å². The zero-order valence-corrected chi connectivity index (χ0v) is 18.0. The molecule has 2 aromatic rings. The Morgan fingerprint density at radius 1 is 0.900 bits per heavy atom. The minimum absolute atomic E-state index is 0.0548. The summed E-state index contributed by atoms with van der Waals surface area (Å²) >= 11 is 0. The number of carbonyl (C=O) groups excluding carboxylic acids is 1. The highest BCUT2D eigenvalue weighted by Gasteiger charge is 2.19. The molecule has 1 amide bonds. The molecular formula is C23H31N3O4. The van der Waals surface area contributed by atoms with Crippen LogP contribution in [0.15, 0.2) is 42.5 Å². The summed E-state index contributed by atoms with van der Waals surface area (Å²) in [5, 5.41) is 2.95. The van der Waals surface area contributed by atoms with Crippen molar-refractivity contribution in [3.8, 4) is 17.2 Å². The average molecular weight is 414 g/mol. The van der Waals surface area contributed by atoms with Crippen molar-refractivity contribution >= 4 is 11.6 Å². The molecule has 7 heteroatoms. The molecule has 3 rings (SSSR count). The van der Waals surface area contributed by atoms with Crippen LogP contribution in [-0.4, -0.2) is 69.8 Å². The van der Waals surface area contributed by atoms with E-state index in [1.54, 1.807) is 33.5 Å². The highest BCUT2D eigenvalue weighted by Crippen LogP contribution is 2.39. The summed E-state index contributed by atoms with van der Waals surface area (Å²) in [6.07, 6.45) is 1.05. The van der Waals surface area contributed by atoms with Crippen molar-refractivity contribution in [2.24, 2.45) is 0 Å². The molecule has 1 heterocycles. The quantitative estimate of drug-likeness (QED) is 0.718. The maximum Gasteiger partial charge on any atom is 0.238 e. The van der Waals surface area contributed by atoms with Crippen molar-refractivity contribution in [1.29, 1.82) is 0 Å². The molecule has 1 aliphatic rings. The van der Waals surface area contributed by atoms with E-state index in [4.69, 9.17) is 14.2 Å². The van der Waals surface area contributed by atoms with Gasteiger partial charge in [-0.25, -0.2) is 0 Å². The first kappa shape index (κ1) is 21.9. The fraction of sp³-hybridized carbons (Fsp3) is 0.435. The summed E-state index contributed by atoms with van der Waals surface area (Å²) in [7, 11) is 4.67. The van der Waals surface area contributed by atoms with E-state index in [0.717, 1.165) is 39.1 Å². The first-order valence-electron chi connectivity index (χ1n) is 10.2. The summed E-state index contributed by atoms with van der Waals surface area (Å²) in [5.41, 5.74) is 1.95. The van der Waals surface area contributed by atoms with E-state index in [9.17, 15) is 4.79 Å². The van der Waals surface area contributed by atoms with Crippen molar-refractivity contribution in [2.75, 3.05) is 59.4 Å². The molecule has 30 heavy (non-hydrogen) atoms. The van der Waals surface area contributed by atoms with Crippen molar-refractivity contribution < 1.29 is 19.0 Å². The number of rotatable bonds is 8. The van der Waals surface area contributed by atoms with Gasteiger partial charge in [0.15, 0.2) is 11.5 Å². The number of nitrogens with zero attached hydrogens (tertiary/aromatic N) is 2. The Bertz CT molecular complexity index is 803. The number of carbonyl (C=O) groups is 1. The minimum Gasteiger partial charge on any atom is -0.493 e. The Morgan fingerprint density at radius 2 is 1.53 bits per heavy atom. The van der Waals surface area contributed by atoms with Gasteiger partial charge in [-0.05, 0) is 25.1 Å². The number of nitrogens with one attached hydrogen (secondary N) is 1.